The van der Waals surface area contributed by atoms with Crippen LogP contribution in [0.4, 0.5) is 0 Å². The quantitative estimate of drug-likeness (QED) is 0.534. The van der Waals surface area contributed by atoms with Crippen molar-refractivity contribution in [3.63, 3.8) is 0 Å². The molecule has 0 aliphatic heterocycles. The standard InChI is InChI=1S/C9H11Cl2O4PS/c10-14-16(17,15-11)13-8-4-7-12-9-5-2-1-3-6-9/h1-3,5-6H,4,7-8H2. The van der Waals surface area contributed by atoms with Crippen LogP contribution >= 0.6 is 30.5 Å². The number of halogens is 2. The van der Waals surface area contributed by atoms with E-state index in [0.29, 0.717) is 19.6 Å². The second-order valence-corrected chi connectivity index (χ2v) is 6.53. The Hall–Kier alpha value is 0.130. The SMILES string of the molecule is S=P(OCl)(OCl)OCCCOc1ccccc1. The zero-order chi connectivity index (χ0) is 12.6. The second-order valence-electron chi connectivity index (χ2n) is 2.93. The average molecular weight is 317 g/mol. The lowest BCUT2D eigenvalue weighted by Gasteiger charge is -2.13. The first kappa shape index (κ1) is 15.2. The van der Waals surface area contributed by atoms with E-state index in [1.807, 2.05) is 30.3 Å². The minimum atomic E-state index is -2.98. The highest BCUT2D eigenvalue weighted by Crippen LogP contribution is 2.52. The Labute approximate surface area is 115 Å². The number of hydrogen-bond acceptors (Lipinski definition) is 5. The van der Waals surface area contributed by atoms with Gasteiger partial charge in [-0.05, 0) is 23.9 Å². The molecule has 0 unspecified atom stereocenters. The summed E-state index contributed by atoms with van der Waals surface area (Å²) < 4.78 is 19.2. The maximum Gasteiger partial charge on any atom is 0.360 e. The molecule has 0 heterocycles. The molecule has 0 spiro atoms. The number of para-hydroxylation sites is 1. The summed E-state index contributed by atoms with van der Waals surface area (Å²) in [5.74, 6) is 0.800. The fourth-order valence-corrected chi connectivity index (χ4v) is 2.16. The van der Waals surface area contributed by atoms with Gasteiger partial charge in [0.1, 0.15) is 5.75 Å². The molecule has 1 rings (SSSR count). The third-order valence-corrected chi connectivity index (χ3v) is 4.90. The third kappa shape index (κ3) is 6.02. The van der Waals surface area contributed by atoms with Crippen LogP contribution in [0.25, 0.3) is 0 Å². The van der Waals surface area contributed by atoms with Crippen LogP contribution in [0.1, 0.15) is 6.42 Å². The molecule has 0 bridgehead atoms. The van der Waals surface area contributed by atoms with Crippen molar-refractivity contribution in [2.75, 3.05) is 13.2 Å². The lowest BCUT2D eigenvalue weighted by molar-refractivity contribution is 0.230. The summed E-state index contributed by atoms with van der Waals surface area (Å²) in [6.45, 7) is -2.20. The van der Waals surface area contributed by atoms with E-state index >= 15 is 0 Å². The van der Waals surface area contributed by atoms with Crippen LogP contribution in [0.3, 0.4) is 0 Å². The van der Waals surface area contributed by atoms with Crippen molar-refractivity contribution in [2.24, 2.45) is 0 Å². The van der Waals surface area contributed by atoms with Gasteiger partial charge in [0.25, 0.3) is 0 Å². The number of ether oxygens (including phenoxy) is 1. The summed E-state index contributed by atoms with van der Waals surface area (Å²) in [6.07, 6.45) is 0.619. The number of hydrogen-bond donors (Lipinski definition) is 0. The molecule has 8 heteroatoms. The summed E-state index contributed by atoms with van der Waals surface area (Å²) in [6, 6.07) is 9.45. The van der Waals surface area contributed by atoms with Crippen LogP contribution in [0.15, 0.2) is 30.3 Å². The van der Waals surface area contributed by atoms with Crippen LogP contribution in [0.2, 0.25) is 0 Å². The predicted molar refractivity (Wildman–Crippen MR) is 70.7 cm³/mol. The van der Waals surface area contributed by atoms with Gasteiger partial charge in [0.2, 0.25) is 0 Å². The zero-order valence-corrected chi connectivity index (χ0v) is 12.0. The molecule has 0 aliphatic rings. The molecule has 0 aromatic heterocycles. The van der Waals surface area contributed by atoms with Crippen LogP contribution in [-0.4, -0.2) is 13.2 Å². The molecule has 0 saturated carbocycles. The van der Waals surface area contributed by atoms with Gasteiger partial charge in [0.15, 0.2) is 0 Å². The van der Waals surface area contributed by atoms with Crippen molar-refractivity contribution in [3.8, 4) is 5.75 Å². The Morgan fingerprint density at radius 1 is 1.06 bits per heavy atom. The van der Waals surface area contributed by atoms with E-state index in [4.69, 9.17) is 44.8 Å². The molecular formula is C9H11Cl2O4PS. The van der Waals surface area contributed by atoms with Gasteiger partial charge in [-0.25, -0.2) is 0 Å². The molecular weight excluding hydrogens is 306 g/mol. The highest BCUT2D eigenvalue weighted by molar-refractivity contribution is 8.08. The summed E-state index contributed by atoms with van der Waals surface area (Å²) in [5, 5.41) is 0. The van der Waals surface area contributed by atoms with E-state index in [1.54, 1.807) is 0 Å². The van der Waals surface area contributed by atoms with E-state index in [9.17, 15) is 0 Å². The van der Waals surface area contributed by atoms with Gasteiger partial charge in [0, 0.05) is 6.42 Å². The summed E-state index contributed by atoms with van der Waals surface area (Å²) in [5.41, 5.74) is 0. The lowest BCUT2D eigenvalue weighted by Crippen LogP contribution is -2.02. The second kappa shape index (κ2) is 8.27. The largest absolute Gasteiger partial charge is 0.494 e. The Morgan fingerprint density at radius 2 is 1.71 bits per heavy atom. The van der Waals surface area contributed by atoms with Crippen molar-refractivity contribution in [2.45, 2.75) is 6.42 Å². The van der Waals surface area contributed by atoms with E-state index in [1.165, 1.54) is 0 Å². The molecule has 17 heavy (non-hydrogen) atoms. The molecule has 0 radical (unpaired) electrons. The number of rotatable bonds is 8. The monoisotopic (exact) mass is 316 g/mol. The Bertz CT molecular complexity index is 357. The minimum Gasteiger partial charge on any atom is -0.494 e. The van der Waals surface area contributed by atoms with Gasteiger partial charge in [0.05, 0.1) is 36.9 Å². The Morgan fingerprint density at radius 3 is 2.29 bits per heavy atom. The summed E-state index contributed by atoms with van der Waals surface area (Å²) in [4.78, 5) is 0. The van der Waals surface area contributed by atoms with Crippen LogP contribution in [0, 0.1) is 0 Å². The van der Waals surface area contributed by atoms with Crippen molar-refractivity contribution in [3.05, 3.63) is 30.3 Å². The van der Waals surface area contributed by atoms with Gasteiger partial charge in [-0.1, -0.05) is 18.2 Å². The van der Waals surface area contributed by atoms with Crippen LogP contribution in [0.5, 0.6) is 5.75 Å². The molecule has 0 fully saturated rings. The molecule has 96 valence electrons. The Kier molecular flexibility index (Phi) is 7.39. The average Bonchev–Trinajstić information content (AvgIpc) is 2.39. The summed E-state index contributed by atoms with van der Waals surface area (Å²) in [7, 11) is 0. The molecule has 0 aliphatic carbocycles. The van der Waals surface area contributed by atoms with Gasteiger partial charge >= 0.3 is 6.72 Å². The lowest BCUT2D eigenvalue weighted by atomic mass is 10.3. The Balaban J connectivity index is 2.15. The topological polar surface area (TPSA) is 36.9 Å². The first-order chi connectivity index (χ1) is 8.20. The van der Waals surface area contributed by atoms with Crippen molar-refractivity contribution < 1.29 is 17.4 Å². The molecule has 0 saturated heterocycles. The molecule has 4 nitrogen and oxygen atoms in total. The van der Waals surface area contributed by atoms with Gasteiger partial charge in [-0.15, -0.1) is 0 Å². The molecule has 0 N–H and O–H groups in total. The summed E-state index contributed by atoms with van der Waals surface area (Å²) >= 11 is 15.0. The first-order valence-electron chi connectivity index (χ1n) is 4.73. The van der Waals surface area contributed by atoms with Gasteiger partial charge in [-0.3, -0.25) is 0 Å². The third-order valence-electron chi connectivity index (χ3n) is 1.72. The minimum absolute atomic E-state index is 0.295. The molecule has 1 aromatic rings. The van der Waals surface area contributed by atoms with Gasteiger partial charge < -0.3 is 9.26 Å². The fourth-order valence-electron chi connectivity index (χ4n) is 0.993. The maximum absolute atomic E-state index is 5.44. The van der Waals surface area contributed by atoms with Crippen molar-refractivity contribution >= 4 is 42.3 Å². The van der Waals surface area contributed by atoms with Crippen LogP contribution in [-0.2, 0) is 24.5 Å². The van der Waals surface area contributed by atoms with Crippen molar-refractivity contribution in [1.29, 1.82) is 0 Å². The van der Waals surface area contributed by atoms with E-state index < -0.39 is 6.72 Å². The van der Waals surface area contributed by atoms with Crippen molar-refractivity contribution in [1.82, 2.24) is 0 Å². The molecule has 1 aromatic carbocycles. The molecule has 0 atom stereocenters. The fraction of sp³-hybridized carbons (Fsp3) is 0.333. The van der Waals surface area contributed by atoms with E-state index in [2.05, 4.69) is 8.15 Å². The van der Waals surface area contributed by atoms with E-state index in [0.717, 1.165) is 5.75 Å². The normalized spacial score (nSPS) is 11.4. The smallest absolute Gasteiger partial charge is 0.360 e. The van der Waals surface area contributed by atoms with Gasteiger partial charge in [-0.2, -0.15) is 8.15 Å². The maximum atomic E-state index is 5.44. The van der Waals surface area contributed by atoms with E-state index in [-0.39, 0.29) is 0 Å². The highest BCUT2D eigenvalue weighted by atomic mass is 35.5. The zero-order valence-electron chi connectivity index (χ0n) is 8.75. The highest BCUT2D eigenvalue weighted by Gasteiger charge is 2.19. The van der Waals surface area contributed by atoms with Crippen LogP contribution < -0.4 is 4.74 Å². The first-order valence-corrected chi connectivity index (χ1v) is 7.90. The predicted octanol–water partition coefficient (Wildman–Crippen LogP) is 4.04. The molecule has 0 amide bonds. The number of benzene rings is 1.